The molecule has 0 aliphatic carbocycles. The summed E-state index contributed by atoms with van der Waals surface area (Å²) in [4.78, 5) is 0. The summed E-state index contributed by atoms with van der Waals surface area (Å²) in [6, 6.07) is 3.91. The molecule has 0 saturated carbocycles. The summed E-state index contributed by atoms with van der Waals surface area (Å²) in [7, 11) is 0. The summed E-state index contributed by atoms with van der Waals surface area (Å²) in [6.45, 7) is 0.732. The van der Waals surface area contributed by atoms with E-state index < -0.39 is 18.8 Å². The number of halogens is 4. The van der Waals surface area contributed by atoms with Gasteiger partial charge in [-0.3, -0.25) is 0 Å². The van der Waals surface area contributed by atoms with Gasteiger partial charge in [-0.1, -0.05) is 12.1 Å². The largest absolute Gasteiger partial charge is 0.573 e. The van der Waals surface area contributed by atoms with Crippen LogP contribution in [0.25, 0.3) is 0 Å². The quantitative estimate of drug-likeness (QED) is 0.748. The second-order valence-corrected chi connectivity index (χ2v) is 2.86. The third-order valence-corrected chi connectivity index (χ3v) is 1.72. The number of ether oxygens (including phenoxy) is 2. The van der Waals surface area contributed by atoms with Crippen LogP contribution in [0.3, 0.4) is 0 Å². The molecule has 0 atom stereocenters. The predicted octanol–water partition coefficient (Wildman–Crippen LogP) is 3.45. The number of alkyl halides is 4. The Morgan fingerprint density at radius 2 is 1.94 bits per heavy atom. The highest BCUT2D eigenvalue weighted by Crippen LogP contribution is 2.36. The first-order valence-electron chi connectivity index (χ1n) is 4.54. The molecule has 6 heteroatoms. The van der Waals surface area contributed by atoms with Crippen molar-refractivity contribution in [1.82, 2.24) is 0 Å². The van der Waals surface area contributed by atoms with Crippen LogP contribution in [0, 0.1) is 0 Å². The standard InChI is InChI=1S/C10H10F4O2/c1-2-15-8-5-3-4-7(6-11)9(8)16-10(12,13)14/h3-5H,2,6H2,1H3. The van der Waals surface area contributed by atoms with Gasteiger partial charge in [0.2, 0.25) is 0 Å². The van der Waals surface area contributed by atoms with Gasteiger partial charge < -0.3 is 9.47 Å². The van der Waals surface area contributed by atoms with E-state index in [1.54, 1.807) is 6.92 Å². The van der Waals surface area contributed by atoms with Crippen molar-refractivity contribution >= 4 is 0 Å². The first-order chi connectivity index (χ1) is 7.48. The Bertz CT molecular complexity index is 349. The molecule has 0 spiro atoms. The maximum absolute atomic E-state index is 12.5. The highest BCUT2D eigenvalue weighted by Gasteiger charge is 2.33. The molecule has 2 nitrogen and oxygen atoms in total. The summed E-state index contributed by atoms with van der Waals surface area (Å²) in [5.41, 5.74) is -0.191. The van der Waals surface area contributed by atoms with E-state index in [9.17, 15) is 17.6 Å². The maximum atomic E-state index is 12.5. The van der Waals surface area contributed by atoms with Gasteiger partial charge in [0, 0.05) is 5.56 Å². The van der Waals surface area contributed by atoms with Crippen molar-refractivity contribution in [2.45, 2.75) is 20.0 Å². The molecule has 0 aromatic heterocycles. The van der Waals surface area contributed by atoms with Crippen molar-refractivity contribution in [2.24, 2.45) is 0 Å². The van der Waals surface area contributed by atoms with E-state index >= 15 is 0 Å². The topological polar surface area (TPSA) is 18.5 Å². The van der Waals surface area contributed by atoms with Crippen molar-refractivity contribution in [2.75, 3.05) is 6.61 Å². The van der Waals surface area contributed by atoms with E-state index in [0.717, 1.165) is 0 Å². The molecule has 1 rings (SSSR count). The number of para-hydroxylation sites is 1. The molecule has 1 aromatic carbocycles. The van der Waals surface area contributed by atoms with Gasteiger partial charge >= 0.3 is 6.36 Å². The van der Waals surface area contributed by atoms with Crippen LogP contribution in [0.15, 0.2) is 18.2 Å². The van der Waals surface area contributed by atoms with Crippen molar-refractivity contribution in [1.29, 1.82) is 0 Å². The lowest BCUT2D eigenvalue weighted by Gasteiger charge is -2.15. The second kappa shape index (κ2) is 5.05. The Morgan fingerprint density at radius 3 is 2.44 bits per heavy atom. The number of hydrogen-bond donors (Lipinski definition) is 0. The first-order valence-corrected chi connectivity index (χ1v) is 4.54. The van der Waals surface area contributed by atoms with E-state index in [0.29, 0.717) is 0 Å². The van der Waals surface area contributed by atoms with Gasteiger partial charge in [-0.25, -0.2) is 4.39 Å². The van der Waals surface area contributed by atoms with Crippen LogP contribution in [-0.4, -0.2) is 13.0 Å². The Kier molecular flexibility index (Phi) is 3.98. The number of benzene rings is 1. The minimum absolute atomic E-state index is 0.116. The molecule has 90 valence electrons. The fourth-order valence-electron chi connectivity index (χ4n) is 1.17. The zero-order valence-electron chi connectivity index (χ0n) is 8.47. The minimum atomic E-state index is -4.86. The van der Waals surface area contributed by atoms with E-state index in [4.69, 9.17) is 4.74 Å². The summed E-state index contributed by atoms with van der Waals surface area (Å²) in [5, 5.41) is 0. The van der Waals surface area contributed by atoms with Crippen LogP contribution in [0.2, 0.25) is 0 Å². The smallest absolute Gasteiger partial charge is 0.490 e. The second-order valence-electron chi connectivity index (χ2n) is 2.86. The van der Waals surface area contributed by atoms with Crippen molar-refractivity contribution in [3.05, 3.63) is 23.8 Å². The molecule has 0 aliphatic rings. The Morgan fingerprint density at radius 1 is 1.25 bits per heavy atom. The normalized spacial score (nSPS) is 11.3. The SMILES string of the molecule is CCOc1cccc(CF)c1OC(F)(F)F. The predicted molar refractivity (Wildman–Crippen MR) is 49.1 cm³/mol. The van der Waals surface area contributed by atoms with Crippen molar-refractivity contribution in [3.8, 4) is 11.5 Å². The molecular formula is C10H10F4O2. The summed E-state index contributed by atoms with van der Waals surface area (Å²) < 4.78 is 57.4. The average Bonchev–Trinajstić information content (AvgIpc) is 2.19. The van der Waals surface area contributed by atoms with E-state index in [1.807, 2.05) is 0 Å². The molecule has 0 unspecified atom stereocenters. The lowest BCUT2D eigenvalue weighted by Crippen LogP contribution is -2.18. The monoisotopic (exact) mass is 238 g/mol. The van der Waals surface area contributed by atoms with Crippen LogP contribution in [0.1, 0.15) is 12.5 Å². The van der Waals surface area contributed by atoms with E-state index in [2.05, 4.69) is 4.74 Å². The molecule has 0 aliphatic heterocycles. The zero-order chi connectivity index (χ0) is 12.2. The molecule has 0 saturated heterocycles. The zero-order valence-corrected chi connectivity index (χ0v) is 8.47. The number of rotatable bonds is 4. The lowest BCUT2D eigenvalue weighted by atomic mass is 10.2. The minimum Gasteiger partial charge on any atom is -0.490 e. The molecule has 0 bridgehead atoms. The van der Waals surface area contributed by atoms with Crippen LogP contribution >= 0.6 is 0 Å². The molecule has 1 aromatic rings. The van der Waals surface area contributed by atoms with Crippen LogP contribution in [0.4, 0.5) is 17.6 Å². The molecule has 16 heavy (non-hydrogen) atoms. The number of hydrogen-bond acceptors (Lipinski definition) is 2. The van der Waals surface area contributed by atoms with Gasteiger partial charge in [-0.2, -0.15) is 0 Å². The molecule has 0 N–H and O–H groups in total. The first kappa shape index (κ1) is 12.6. The Balaban J connectivity index is 3.09. The third kappa shape index (κ3) is 3.29. The lowest BCUT2D eigenvalue weighted by molar-refractivity contribution is -0.275. The summed E-state index contributed by atoms with van der Waals surface area (Å²) in [5.74, 6) is -0.727. The molecule has 0 heterocycles. The fraction of sp³-hybridized carbons (Fsp3) is 0.400. The van der Waals surface area contributed by atoms with Gasteiger partial charge in [0.1, 0.15) is 6.67 Å². The molecular weight excluding hydrogens is 228 g/mol. The van der Waals surface area contributed by atoms with Crippen LogP contribution in [-0.2, 0) is 6.67 Å². The van der Waals surface area contributed by atoms with Crippen LogP contribution in [0.5, 0.6) is 11.5 Å². The average molecular weight is 238 g/mol. The Hall–Kier alpha value is -1.46. The molecule has 0 fully saturated rings. The maximum Gasteiger partial charge on any atom is 0.573 e. The van der Waals surface area contributed by atoms with Gasteiger partial charge in [0.15, 0.2) is 11.5 Å². The third-order valence-electron chi connectivity index (χ3n) is 1.72. The fourth-order valence-corrected chi connectivity index (χ4v) is 1.17. The molecule has 0 radical (unpaired) electrons. The highest BCUT2D eigenvalue weighted by atomic mass is 19.4. The van der Waals surface area contributed by atoms with Crippen molar-refractivity contribution < 1.29 is 27.0 Å². The van der Waals surface area contributed by atoms with E-state index in [1.165, 1.54) is 18.2 Å². The van der Waals surface area contributed by atoms with Crippen molar-refractivity contribution in [3.63, 3.8) is 0 Å². The van der Waals surface area contributed by atoms with Crippen LogP contribution < -0.4 is 9.47 Å². The Labute approximate surface area is 89.8 Å². The van der Waals surface area contributed by atoms with Gasteiger partial charge in [0.25, 0.3) is 0 Å². The van der Waals surface area contributed by atoms with Gasteiger partial charge in [0.05, 0.1) is 6.61 Å². The van der Waals surface area contributed by atoms with Gasteiger partial charge in [-0.05, 0) is 13.0 Å². The van der Waals surface area contributed by atoms with E-state index in [-0.39, 0.29) is 17.9 Å². The van der Waals surface area contributed by atoms with Gasteiger partial charge in [-0.15, -0.1) is 13.2 Å². The molecule has 0 amide bonds. The summed E-state index contributed by atoms with van der Waals surface area (Å²) in [6.07, 6.45) is -4.86. The summed E-state index contributed by atoms with van der Waals surface area (Å²) >= 11 is 0. The highest BCUT2D eigenvalue weighted by molar-refractivity contribution is 5.46.